The first kappa shape index (κ1) is 19.4. The van der Waals surface area contributed by atoms with Gasteiger partial charge in [-0.1, -0.05) is 42.0 Å². The molecular weight excluding hydrogens is 360 g/mol. The van der Waals surface area contributed by atoms with E-state index >= 15 is 0 Å². The van der Waals surface area contributed by atoms with Crippen LogP contribution in [0.3, 0.4) is 0 Å². The van der Waals surface area contributed by atoms with Gasteiger partial charge < -0.3 is 19.7 Å². The molecule has 0 radical (unpaired) electrons. The zero-order chi connectivity index (χ0) is 20.1. The van der Waals surface area contributed by atoms with Crippen LogP contribution in [0.5, 0.6) is 5.75 Å². The van der Waals surface area contributed by atoms with Crippen LogP contribution >= 0.6 is 0 Å². The molecule has 0 saturated carbocycles. The van der Waals surface area contributed by atoms with Gasteiger partial charge in [0.1, 0.15) is 5.75 Å². The van der Waals surface area contributed by atoms with E-state index in [4.69, 9.17) is 9.47 Å². The number of carbonyl (C=O) groups excluding carboxylic acids is 3. The van der Waals surface area contributed by atoms with Crippen LogP contribution in [-0.4, -0.2) is 44.1 Å². The Morgan fingerprint density at radius 2 is 1.86 bits per heavy atom. The molecule has 1 N–H and O–H groups in total. The number of benzene rings is 2. The van der Waals surface area contributed by atoms with E-state index in [1.54, 1.807) is 24.3 Å². The number of fused-ring (bicyclic) bond motifs is 1. The zero-order valence-electron chi connectivity index (χ0n) is 15.8. The molecule has 28 heavy (non-hydrogen) atoms. The summed E-state index contributed by atoms with van der Waals surface area (Å²) in [4.78, 5) is 38.1. The van der Waals surface area contributed by atoms with Gasteiger partial charge >= 0.3 is 5.97 Å². The van der Waals surface area contributed by atoms with E-state index < -0.39 is 24.6 Å². The molecule has 0 fully saturated rings. The van der Waals surface area contributed by atoms with E-state index in [1.807, 2.05) is 31.2 Å². The third-order valence-corrected chi connectivity index (χ3v) is 4.44. The number of para-hydroxylation sites is 2. The summed E-state index contributed by atoms with van der Waals surface area (Å²) in [5, 5.41) is 2.52. The predicted molar refractivity (Wildman–Crippen MR) is 103 cm³/mol. The number of hydrogen-bond acceptors (Lipinski definition) is 5. The molecule has 0 aromatic heterocycles. The normalized spacial score (nSPS) is 15.2. The lowest BCUT2D eigenvalue weighted by Gasteiger charge is -2.33. The highest BCUT2D eigenvalue weighted by molar-refractivity contribution is 5.98. The molecule has 0 spiro atoms. The maximum Gasteiger partial charge on any atom is 0.310 e. The topological polar surface area (TPSA) is 84.9 Å². The van der Waals surface area contributed by atoms with Gasteiger partial charge in [0.15, 0.2) is 12.7 Å². The molecule has 2 aromatic rings. The average molecular weight is 382 g/mol. The molecule has 3 rings (SSSR count). The van der Waals surface area contributed by atoms with Gasteiger partial charge in [0.2, 0.25) is 0 Å². The van der Waals surface area contributed by atoms with Gasteiger partial charge in [-0.15, -0.1) is 0 Å². The second kappa shape index (κ2) is 8.56. The second-order valence-corrected chi connectivity index (χ2v) is 6.52. The summed E-state index contributed by atoms with van der Waals surface area (Å²) in [7, 11) is 1.51. The highest BCUT2D eigenvalue weighted by atomic mass is 16.5. The van der Waals surface area contributed by atoms with E-state index in [0.29, 0.717) is 11.4 Å². The Hall–Kier alpha value is -3.35. The minimum absolute atomic E-state index is 0.0467. The van der Waals surface area contributed by atoms with Crippen LogP contribution < -0.4 is 15.0 Å². The number of esters is 1. The fourth-order valence-electron chi connectivity index (χ4n) is 2.91. The summed E-state index contributed by atoms with van der Waals surface area (Å²) in [5.74, 6) is -0.797. The predicted octanol–water partition coefficient (Wildman–Crippen LogP) is 1.62. The number of ether oxygens (including phenoxy) is 2. The van der Waals surface area contributed by atoms with Crippen LogP contribution in [0.4, 0.5) is 5.69 Å². The zero-order valence-corrected chi connectivity index (χ0v) is 15.8. The Morgan fingerprint density at radius 1 is 1.14 bits per heavy atom. The summed E-state index contributed by atoms with van der Waals surface area (Å²) < 4.78 is 10.8. The monoisotopic (exact) mass is 382 g/mol. The van der Waals surface area contributed by atoms with E-state index in [-0.39, 0.29) is 18.9 Å². The Morgan fingerprint density at radius 3 is 2.57 bits per heavy atom. The Kier molecular flexibility index (Phi) is 5.93. The van der Waals surface area contributed by atoms with E-state index in [2.05, 4.69) is 5.32 Å². The Balaban J connectivity index is 1.64. The van der Waals surface area contributed by atoms with Crippen LogP contribution in [0.25, 0.3) is 0 Å². The molecular formula is C21H22N2O5. The third kappa shape index (κ3) is 4.49. The van der Waals surface area contributed by atoms with Crippen molar-refractivity contribution < 1.29 is 23.9 Å². The average Bonchev–Trinajstić information content (AvgIpc) is 2.72. The van der Waals surface area contributed by atoms with Crippen molar-refractivity contribution in [1.82, 2.24) is 5.32 Å². The second-order valence-electron chi connectivity index (χ2n) is 6.52. The molecule has 2 aromatic carbocycles. The lowest BCUT2D eigenvalue weighted by atomic mass is 10.1. The summed E-state index contributed by atoms with van der Waals surface area (Å²) in [5.41, 5.74) is 2.46. The van der Waals surface area contributed by atoms with Crippen molar-refractivity contribution in [2.45, 2.75) is 19.4 Å². The quantitative estimate of drug-likeness (QED) is 0.795. The number of hydrogen-bond donors (Lipinski definition) is 1. The fraction of sp³-hybridized carbons (Fsp3) is 0.286. The van der Waals surface area contributed by atoms with Crippen LogP contribution in [0.15, 0.2) is 48.5 Å². The smallest absolute Gasteiger partial charge is 0.310 e. The Labute approximate surface area is 163 Å². The fourth-order valence-corrected chi connectivity index (χ4v) is 2.91. The van der Waals surface area contributed by atoms with Gasteiger partial charge in [-0.05, 0) is 24.6 Å². The first-order valence-corrected chi connectivity index (χ1v) is 8.96. The molecule has 0 aliphatic carbocycles. The van der Waals surface area contributed by atoms with Crippen molar-refractivity contribution in [3.63, 3.8) is 0 Å². The number of carbonyl (C=O) groups is 3. The SMILES string of the molecule is CNC(=O)C1CN(C(=O)COC(=O)Cc2ccc(C)cc2)c2ccccc2O1. The third-order valence-electron chi connectivity index (χ3n) is 4.44. The molecule has 7 heteroatoms. The number of nitrogens with zero attached hydrogens (tertiary/aromatic N) is 1. The molecule has 1 aliphatic heterocycles. The molecule has 0 bridgehead atoms. The van der Waals surface area contributed by atoms with Crippen molar-refractivity contribution in [3.05, 3.63) is 59.7 Å². The Bertz CT molecular complexity index is 879. The largest absolute Gasteiger partial charge is 0.477 e. The maximum absolute atomic E-state index is 12.7. The van der Waals surface area contributed by atoms with E-state index in [0.717, 1.165) is 11.1 Å². The summed E-state index contributed by atoms with van der Waals surface area (Å²) in [6.45, 7) is 1.61. The molecule has 1 aliphatic rings. The highest BCUT2D eigenvalue weighted by Gasteiger charge is 2.33. The summed E-state index contributed by atoms with van der Waals surface area (Å²) in [6.07, 6.45) is -0.735. The standard InChI is InChI=1S/C21H22N2O5/c1-14-7-9-15(10-8-14)11-20(25)27-13-19(24)23-12-18(21(26)22-2)28-17-6-4-3-5-16(17)23/h3-10,18H,11-13H2,1-2H3,(H,22,26). The van der Waals surface area contributed by atoms with Gasteiger partial charge in [-0.2, -0.15) is 0 Å². The van der Waals surface area contributed by atoms with Gasteiger partial charge in [0, 0.05) is 7.05 Å². The van der Waals surface area contributed by atoms with Crippen LogP contribution in [-0.2, 0) is 25.5 Å². The minimum atomic E-state index is -0.827. The van der Waals surface area contributed by atoms with Crippen LogP contribution in [0, 0.1) is 6.92 Å². The maximum atomic E-state index is 12.7. The minimum Gasteiger partial charge on any atom is -0.477 e. The van der Waals surface area contributed by atoms with Crippen LogP contribution in [0.1, 0.15) is 11.1 Å². The number of likely N-dealkylation sites (N-methyl/N-ethyl adjacent to an activating group) is 1. The molecule has 1 atom stereocenters. The van der Waals surface area contributed by atoms with Crippen molar-refractivity contribution in [1.29, 1.82) is 0 Å². The van der Waals surface area contributed by atoms with Crippen molar-refractivity contribution >= 4 is 23.5 Å². The van der Waals surface area contributed by atoms with Gasteiger partial charge in [0.25, 0.3) is 11.8 Å². The summed E-state index contributed by atoms with van der Waals surface area (Å²) >= 11 is 0. The lowest BCUT2D eigenvalue weighted by molar-refractivity contribution is -0.147. The van der Waals surface area contributed by atoms with Crippen molar-refractivity contribution in [2.24, 2.45) is 0 Å². The molecule has 7 nitrogen and oxygen atoms in total. The number of rotatable bonds is 5. The number of amides is 2. The molecule has 1 unspecified atom stereocenters. The van der Waals surface area contributed by atoms with Gasteiger partial charge in [0.05, 0.1) is 18.7 Å². The number of nitrogens with one attached hydrogen (secondary N) is 1. The van der Waals surface area contributed by atoms with Crippen molar-refractivity contribution in [2.75, 3.05) is 25.1 Å². The van der Waals surface area contributed by atoms with E-state index in [9.17, 15) is 14.4 Å². The number of aryl methyl sites for hydroxylation is 1. The highest BCUT2D eigenvalue weighted by Crippen LogP contribution is 2.33. The summed E-state index contributed by atoms with van der Waals surface area (Å²) in [6, 6.07) is 14.5. The van der Waals surface area contributed by atoms with Gasteiger partial charge in [-0.3, -0.25) is 14.4 Å². The molecule has 0 saturated heterocycles. The van der Waals surface area contributed by atoms with Crippen molar-refractivity contribution in [3.8, 4) is 5.75 Å². The molecule has 2 amide bonds. The van der Waals surface area contributed by atoms with Crippen LogP contribution in [0.2, 0.25) is 0 Å². The van der Waals surface area contributed by atoms with Gasteiger partial charge in [-0.25, -0.2) is 0 Å². The first-order chi connectivity index (χ1) is 13.5. The number of anilines is 1. The van der Waals surface area contributed by atoms with E-state index in [1.165, 1.54) is 11.9 Å². The lowest BCUT2D eigenvalue weighted by Crippen LogP contribution is -2.51. The first-order valence-electron chi connectivity index (χ1n) is 8.96. The molecule has 1 heterocycles. The molecule has 146 valence electrons.